The van der Waals surface area contributed by atoms with Gasteiger partial charge in [-0.1, -0.05) is 19.1 Å². The number of benzene rings is 2. The predicted molar refractivity (Wildman–Crippen MR) is 118 cm³/mol. The zero-order valence-corrected chi connectivity index (χ0v) is 17.8. The van der Waals surface area contributed by atoms with Crippen LogP contribution in [0, 0.1) is 5.82 Å². The van der Waals surface area contributed by atoms with Gasteiger partial charge in [-0.2, -0.15) is 0 Å². The summed E-state index contributed by atoms with van der Waals surface area (Å²) in [6.45, 7) is 6.18. The van der Waals surface area contributed by atoms with Crippen molar-refractivity contribution in [2.75, 3.05) is 56.2 Å². The fraction of sp³-hybridized carbons (Fsp3) is 0.391. The van der Waals surface area contributed by atoms with E-state index in [0.29, 0.717) is 13.1 Å². The van der Waals surface area contributed by atoms with Crippen LogP contribution in [-0.2, 0) is 20.9 Å². The van der Waals surface area contributed by atoms with Gasteiger partial charge in [-0.25, -0.2) is 4.39 Å². The van der Waals surface area contributed by atoms with Crippen LogP contribution in [0.25, 0.3) is 0 Å². The zero-order chi connectivity index (χ0) is 22.1. The van der Waals surface area contributed by atoms with E-state index in [9.17, 15) is 14.0 Å². The van der Waals surface area contributed by atoms with E-state index in [2.05, 4.69) is 15.5 Å². The molecule has 8 heteroatoms. The molecule has 0 bridgehead atoms. The first-order valence-electron chi connectivity index (χ1n) is 10.5. The highest BCUT2D eigenvalue weighted by Gasteiger charge is 2.14. The largest absolute Gasteiger partial charge is 0.378 e. The Morgan fingerprint density at radius 2 is 1.65 bits per heavy atom. The maximum absolute atomic E-state index is 12.9. The third-order valence-corrected chi connectivity index (χ3v) is 5.11. The van der Waals surface area contributed by atoms with Crippen LogP contribution >= 0.6 is 0 Å². The van der Waals surface area contributed by atoms with E-state index < -0.39 is 0 Å². The van der Waals surface area contributed by atoms with Gasteiger partial charge in [-0.15, -0.1) is 0 Å². The summed E-state index contributed by atoms with van der Waals surface area (Å²) in [5, 5.41) is 5.68. The number of carbonyl (C=O) groups excluding carboxylic acids is 2. The topological polar surface area (TPSA) is 73.9 Å². The van der Waals surface area contributed by atoms with Crippen molar-refractivity contribution in [3.8, 4) is 0 Å². The molecule has 0 atom stereocenters. The molecule has 0 aromatic heterocycles. The van der Waals surface area contributed by atoms with E-state index >= 15 is 0 Å². The SMILES string of the molecule is CCN(CC(=O)NCc1ccc(F)cc1)CC(=O)Nc1ccc(N2CCOCC2)cc1. The summed E-state index contributed by atoms with van der Waals surface area (Å²) in [7, 11) is 0. The number of likely N-dealkylation sites (N-methyl/N-ethyl adjacent to an activating group) is 1. The Kier molecular flexibility index (Phi) is 8.37. The minimum absolute atomic E-state index is 0.112. The Bertz CT molecular complexity index is 852. The molecule has 1 heterocycles. The summed E-state index contributed by atoms with van der Waals surface area (Å²) in [5.41, 5.74) is 2.64. The van der Waals surface area contributed by atoms with Crippen molar-refractivity contribution in [1.29, 1.82) is 0 Å². The fourth-order valence-electron chi connectivity index (χ4n) is 3.32. The molecule has 0 aliphatic carbocycles. The van der Waals surface area contributed by atoms with E-state index in [-0.39, 0.29) is 30.7 Å². The predicted octanol–water partition coefficient (Wildman–Crippen LogP) is 2.24. The number of morpholine rings is 1. The highest BCUT2D eigenvalue weighted by atomic mass is 19.1. The summed E-state index contributed by atoms with van der Waals surface area (Å²) in [5.74, 6) is -0.671. The molecular formula is C23H29FN4O3. The van der Waals surface area contributed by atoms with Crippen LogP contribution in [0.5, 0.6) is 0 Å². The van der Waals surface area contributed by atoms with Crippen LogP contribution in [0.3, 0.4) is 0 Å². The molecule has 0 unspecified atom stereocenters. The zero-order valence-electron chi connectivity index (χ0n) is 17.8. The summed E-state index contributed by atoms with van der Waals surface area (Å²) in [6, 6.07) is 13.7. The third kappa shape index (κ3) is 7.34. The molecule has 166 valence electrons. The van der Waals surface area contributed by atoms with E-state index in [4.69, 9.17) is 4.74 Å². The lowest BCUT2D eigenvalue weighted by molar-refractivity contribution is -0.123. The minimum Gasteiger partial charge on any atom is -0.378 e. The van der Waals surface area contributed by atoms with Gasteiger partial charge in [-0.3, -0.25) is 14.5 Å². The molecular weight excluding hydrogens is 399 g/mol. The summed E-state index contributed by atoms with van der Waals surface area (Å²) in [6.07, 6.45) is 0. The minimum atomic E-state index is -0.311. The van der Waals surface area contributed by atoms with Gasteiger partial charge in [0.05, 0.1) is 26.3 Å². The summed E-state index contributed by atoms with van der Waals surface area (Å²) < 4.78 is 18.3. The molecule has 7 nitrogen and oxygen atoms in total. The number of hydrogen-bond acceptors (Lipinski definition) is 5. The van der Waals surface area contributed by atoms with E-state index in [0.717, 1.165) is 43.2 Å². The van der Waals surface area contributed by atoms with Gasteiger partial charge in [0, 0.05) is 31.0 Å². The molecule has 1 aliphatic heterocycles. The van der Waals surface area contributed by atoms with Crippen molar-refractivity contribution >= 4 is 23.2 Å². The quantitative estimate of drug-likeness (QED) is 0.641. The molecule has 1 fully saturated rings. The standard InChI is InChI=1S/C23H29FN4O3/c1-2-27(16-22(29)25-15-18-3-5-19(24)6-4-18)17-23(30)26-20-7-9-21(10-8-20)28-11-13-31-14-12-28/h3-10H,2,11-17H2,1H3,(H,25,29)(H,26,30). The van der Waals surface area contributed by atoms with Crippen LogP contribution in [-0.4, -0.2) is 62.7 Å². The van der Waals surface area contributed by atoms with E-state index in [1.165, 1.54) is 12.1 Å². The second-order valence-corrected chi connectivity index (χ2v) is 7.40. The first kappa shape index (κ1) is 22.7. The average molecular weight is 429 g/mol. The molecule has 31 heavy (non-hydrogen) atoms. The van der Waals surface area contributed by atoms with E-state index in [1.807, 2.05) is 31.2 Å². The summed E-state index contributed by atoms with van der Waals surface area (Å²) in [4.78, 5) is 28.6. The number of carbonyl (C=O) groups is 2. The van der Waals surface area contributed by atoms with Crippen molar-refractivity contribution in [3.63, 3.8) is 0 Å². The maximum atomic E-state index is 12.9. The first-order valence-corrected chi connectivity index (χ1v) is 10.5. The number of ether oxygens (including phenoxy) is 1. The number of hydrogen-bond donors (Lipinski definition) is 2. The number of anilines is 2. The van der Waals surface area contributed by atoms with Crippen molar-refractivity contribution < 1.29 is 18.7 Å². The first-order chi connectivity index (χ1) is 15.0. The number of amides is 2. The van der Waals surface area contributed by atoms with Crippen molar-refractivity contribution in [2.24, 2.45) is 0 Å². The number of rotatable bonds is 9. The highest BCUT2D eigenvalue weighted by Crippen LogP contribution is 2.19. The van der Waals surface area contributed by atoms with Crippen LogP contribution in [0.4, 0.5) is 15.8 Å². The molecule has 3 rings (SSSR count). The second kappa shape index (κ2) is 11.4. The molecule has 0 saturated carbocycles. The molecule has 2 aromatic carbocycles. The van der Waals surface area contributed by atoms with Crippen LogP contribution in [0.1, 0.15) is 12.5 Å². The highest BCUT2D eigenvalue weighted by molar-refractivity contribution is 5.92. The molecule has 2 N–H and O–H groups in total. The van der Waals surface area contributed by atoms with Crippen molar-refractivity contribution in [2.45, 2.75) is 13.5 Å². The Morgan fingerprint density at radius 3 is 2.29 bits per heavy atom. The van der Waals surface area contributed by atoms with Crippen LogP contribution in [0.15, 0.2) is 48.5 Å². The van der Waals surface area contributed by atoms with Gasteiger partial charge >= 0.3 is 0 Å². The van der Waals surface area contributed by atoms with Crippen LogP contribution in [0.2, 0.25) is 0 Å². The number of halogens is 1. The van der Waals surface area contributed by atoms with Crippen LogP contribution < -0.4 is 15.5 Å². The Hall–Kier alpha value is -2.97. The smallest absolute Gasteiger partial charge is 0.238 e. The molecule has 2 amide bonds. The Labute approximate surface area is 182 Å². The van der Waals surface area contributed by atoms with E-state index in [1.54, 1.807) is 17.0 Å². The summed E-state index contributed by atoms with van der Waals surface area (Å²) >= 11 is 0. The third-order valence-electron chi connectivity index (χ3n) is 5.11. The van der Waals surface area contributed by atoms with Gasteiger partial charge in [0.15, 0.2) is 0 Å². The van der Waals surface area contributed by atoms with Crippen molar-refractivity contribution in [3.05, 3.63) is 59.9 Å². The number of nitrogens with zero attached hydrogens (tertiary/aromatic N) is 2. The molecule has 1 aliphatic rings. The van der Waals surface area contributed by atoms with Gasteiger partial charge in [0.2, 0.25) is 11.8 Å². The van der Waals surface area contributed by atoms with Gasteiger partial charge in [-0.05, 0) is 48.5 Å². The van der Waals surface area contributed by atoms with Gasteiger partial charge in [0.25, 0.3) is 0 Å². The molecule has 0 radical (unpaired) electrons. The average Bonchev–Trinajstić information content (AvgIpc) is 2.79. The van der Waals surface area contributed by atoms with Crippen molar-refractivity contribution in [1.82, 2.24) is 10.2 Å². The lowest BCUT2D eigenvalue weighted by Crippen LogP contribution is -2.40. The maximum Gasteiger partial charge on any atom is 0.238 e. The number of nitrogens with one attached hydrogen (secondary N) is 2. The molecule has 2 aromatic rings. The van der Waals surface area contributed by atoms with Gasteiger partial charge in [0.1, 0.15) is 5.82 Å². The fourth-order valence-corrected chi connectivity index (χ4v) is 3.32. The Balaban J connectivity index is 1.43. The van der Waals surface area contributed by atoms with Gasteiger partial charge < -0.3 is 20.3 Å². The normalized spacial score (nSPS) is 13.8. The molecule has 0 spiro atoms. The Morgan fingerprint density at radius 1 is 1.00 bits per heavy atom. The molecule has 1 saturated heterocycles. The second-order valence-electron chi connectivity index (χ2n) is 7.40. The monoisotopic (exact) mass is 428 g/mol. The lowest BCUT2D eigenvalue weighted by Gasteiger charge is -2.29. The lowest BCUT2D eigenvalue weighted by atomic mass is 10.2.